The maximum absolute atomic E-state index is 13.1. The minimum absolute atomic E-state index is 0.0689. The Morgan fingerprint density at radius 3 is 2.52 bits per heavy atom. The number of nitrogens with zero attached hydrogens (tertiary/aromatic N) is 1. The highest BCUT2D eigenvalue weighted by atomic mass is 32.2. The molecule has 1 amide bonds. The van der Waals surface area contributed by atoms with E-state index in [9.17, 15) is 21.6 Å². The quantitative estimate of drug-likeness (QED) is 0.607. The summed E-state index contributed by atoms with van der Waals surface area (Å²) in [7, 11) is -5.80. The van der Waals surface area contributed by atoms with Crippen LogP contribution in [0.2, 0.25) is 0 Å². The fourth-order valence-corrected chi connectivity index (χ4v) is 5.39. The first-order valence-corrected chi connectivity index (χ1v) is 12.9. The van der Waals surface area contributed by atoms with Gasteiger partial charge in [-0.1, -0.05) is 0 Å². The third-order valence-electron chi connectivity index (χ3n) is 5.07. The Morgan fingerprint density at radius 2 is 1.90 bits per heavy atom. The molecule has 29 heavy (non-hydrogen) atoms. The Labute approximate surface area is 171 Å². The summed E-state index contributed by atoms with van der Waals surface area (Å²) in [6, 6.07) is 3.99. The van der Waals surface area contributed by atoms with Crippen molar-refractivity contribution >= 4 is 26.0 Å². The van der Waals surface area contributed by atoms with Crippen molar-refractivity contribution in [3.05, 3.63) is 23.8 Å². The Morgan fingerprint density at radius 1 is 1.17 bits per heavy atom. The van der Waals surface area contributed by atoms with E-state index in [0.29, 0.717) is 13.0 Å². The summed E-state index contributed by atoms with van der Waals surface area (Å²) in [5.74, 6) is -0.154. The topological polar surface area (TPSA) is 122 Å². The number of hydrogen-bond acceptors (Lipinski definition) is 6. The van der Waals surface area contributed by atoms with Crippen LogP contribution in [0.1, 0.15) is 42.5 Å². The first-order valence-electron chi connectivity index (χ1n) is 9.57. The van der Waals surface area contributed by atoms with Gasteiger partial charge < -0.3 is 9.64 Å². The second kappa shape index (κ2) is 8.58. The molecular weight excluding hydrogens is 418 g/mol. The SMILES string of the molecule is COc1ccc(C(=O)N2CCCCC2CNS(C)(=O)=O)cc1S(=O)(=O)NC1CC1. The minimum atomic E-state index is -3.81. The Bertz CT molecular complexity index is 973. The standard InChI is InChI=1S/C18H27N3O6S2/c1-27-16-9-6-13(11-17(16)29(25,26)20-14-7-8-14)18(22)21-10-4-3-5-15(21)12-19-28(2,23)24/h6,9,11,14-15,19-20H,3-5,7-8,10,12H2,1-2H3. The zero-order valence-electron chi connectivity index (χ0n) is 16.5. The van der Waals surface area contributed by atoms with Crippen LogP contribution in [-0.4, -0.2) is 66.2 Å². The molecule has 2 fully saturated rings. The number of likely N-dealkylation sites (tertiary alicyclic amines) is 1. The number of amides is 1. The maximum Gasteiger partial charge on any atom is 0.254 e. The Hall–Kier alpha value is -1.69. The molecule has 1 aliphatic heterocycles. The molecule has 1 saturated heterocycles. The highest BCUT2D eigenvalue weighted by Crippen LogP contribution is 2.29. The fourth-order valence-electron chi connectivity index (χ4n) is 3.40. The number of hydrogen-bond donors (Lipinski definition) is 2. The lowest BCUT2D eigenvalue weighted by Gasteiger charge is -2.36. The molecule has 1 saturated carbocycles. The van der Waals surface area contributed by atoms with Gasteiger partial charge in [0.2, 0.25) is 20.0 Å². The van der Waals surface area contributed by atoms with Gasteiger partial charge in [-0.25, -0.2) is 26.3 Å². The van der Waals surface area contributed by atoms with Gasteiger partial charge in [0.05, 0.1) is 13.4 Å². The molecule has 0 aromatic heterocycles. The van der Waals surface area contributed by atoms with Crippen LogP contribution in [-0.2, 0) is 20.0 Å². The fraction of sp³-hybridized carbons (Fsp3) is 0.611. The zero-order chi connectivity index (χ0) is 21.2. The van der Waals surface area contributed by atoms with Gasteiger partial charge in [-0.3, -0.25) is 4.79 Å². The van der Waals surface area contributed by atoms with Crippen molar-refractivity contribution in [1.29, 1.82) is 0 Å². The predicted molar refractivity (Wildman–Crippen MR) is 108 cm³/mol. The molecule has 162 valence electrons. The van der Waals surface area contributed by atoms with Crippen molar-refractivity contribution in [3.8, 4) is 5.75 Å². The lowest BCUT2D eigenvalue weighted by Crippen LogP contribution is -2.49. The molecule has 0 bridgehead atoms. The van der Waals surface area contributed by atoms with E-state index in [1.807, 2.05) is 0 Å². The lowest BCUT2D eigenvalue weighted by atomic mass is 10.0. The molecule has 1 aromatic carbocycles. The number of rotatable bonds is 8. The molecule has 1 atom stereocenters. The summed E-state index contributed by atoms with van der Waals surface area (Å²) in [4.78, 5) is 14.7. The summed E-state index contributed by atoms with van der Waals surface area (Å²) in [5.41, 5.74) is 0.230. The number of carbonyl (C=O) groups excluding carboxylic acids is 1. The smallest absolute Gasteiger partial charge is 0.254 e. The molecule has 0 radical (unpaired) electrons. The number of ether oxygens (including phenoxy) is 1. The van der Waals surface area contributed by atoms with Crippen molar-refractivity contribution in [2.75, 3.05) is 26.5 Å². The van der Waals surface area contributed by atoms with Crippen molar-refractivity contribution in [1.82, 2.24) is 14.3 Å². The number of benzene rings is 1. The molecule has 1 heterocycles. The van der Waals surface area contributed by atoms with Gasteiger partial charge in [-0.05, 0) is 50.3 Å². The van der Waals surface area contributed by atoms with Crippen LogP contribution in [0.3, 0.4) is 0 Å². The molecule has 2 N–H and O–H groups in total. The van der Waals surface area contributed by atoms with Crippen LogP contribution in [0.5, 0.6) is 5.75 Å². The summed E-state index contributed by atoms with van der Waals surface area (Å²) in [5, 5.41) is 0. The van der Waals surface area contributed by atoms with Crippen LogP contribution in [0, 0.1) is 0 Å². The van der Waals surface area contributed by atoms with E-state index in [4.69, 9.17) is 4.74 Å². The number of carbonyl (C=O) groups is 1. The van der Waals surface area contributed by atoms with E-state index in [2.05, 4.69) is 9.44 Å². The van der Waals surface area contributed by atoms with Gasteiger partial charge in [0.15, 0.2) is 0 Å². The van der Waals surface area contributed by atoms with Crippen molar-refractivity contribution in [2.45, 2.75) is 49.1 Å². The molecule has 9 nitrogen and oxygen atoms in total. The van der Waals surface area contributed by atoms with E-state index in [0.717, 1.165) is 31.9 Å². The van der Waals surface area contributed by atoms with Crippen molar-refractivity contribution in [2.24, 2.45) is 0 Å². The van der Waals surface area contributed by atoms with Crippen LogP contribution in [0.15, 0.2) is 23.1 Å². The summed E-state index contributed by atoms with van der Waals surface area (Å²) in [6.45, 7) is 0.624. The number of methoxy groups -OCH3 is 1. The highest BCUT2D eigenvalue weighted by molar-refractivity contribution is 7.89. The summed E-state index contributed by atoms with van der Waals surface area (Å²) < 4.78 is 58.5. The van der Waals surface area contributed by atoms with Crippen molar-refractivity contribution in [3.63, 3.8) is 0 Å². The van der Waals surface area contributed by atoms with Gasteiger partial charge in [0.1, 0.15) is 10.6 Å². The Balaban J connectivity index is 1.86. The van der Waals surface area contributed by atoms with Gasteiger partial charge in [0.25, 0.3) is 5.91 Å². The molecule has 1 unspecified atom stereocenters. The van der Waals surface area contributed by atoms with Crippen molar-refractivity contribution < 1.29 is 26.4 Å². The van der Waals surface area contributed by atoms with Crippen LogP contribution in [0.25, 0.3) is 0 Å². The normalized spacial score (nSPS) is 20.5. The van der Waals surface area contributed by atoms with E-state index >= 15 is 0 Å². The summed E-state index contributed by atoms with van der Waals surface area (Å²) in [6.07, 6.45) is 5.05. The number of sulfonamides is 2. The van der Waals surface area contributed by atoms with E-state index in [1.54, 1.807) is 4.90 Å². The third kappa shape index (κ3) is 5.68. The molecule has 11 heteroatoms. The number of piperidine rings is 1. The second-order valence-corrected chi connectivity index (χ2v) is 11.0. The first-order chi connectivity index (χ1) is 13.6. The highest BCUT2D eigenvalue weighted by Gasteiger charge is 2.32. The van der Waals surface area contributed by atoms with E-state index in [-0.39, 0.29) is 40.7 Å². The van der Waals surface area contributed by atoms with Crippen LogP contribution < -0.4 is 14.2 Å². The summed E-state index contributed by atoms with van der Waals surface area (Å²) >= 11 is 0. The average Bonchev–Trinajstić information content (AvgIpc) is 3.48. The molecule has 2 aliphatic rings. The molecular formula is C18H27N3O6S2. The zero-order valence-corrected chi connectivity index (χ0v) is 18.2. The molecule has 1 aliphatic carbocycles. The minimum Gasteiger partial charge on any atom is -0.495 e. The third-order valence-corrected chi connectivity index (χ3v) is 7.30. The largest absolute Gasteiger partial charge is 0.495 e. The molecule has 1 aromatic rings. The van der Waals surface area contributed by atoms with Gasteiger partial charge in [-0.15, -0.1) is 0 Å². The second-order valence-electron chi connectivity index (χ2n) is 7.53. The van der Waals surface area contributed by atoms with Gasteiger partial charge in [0, 0.05) is 30.7 Å². The average molecular weight is 446 g/mol. The predicted octanol–water partition coefficient (Wildman–Crippen LogP) is 0.680. The van der Waals surface area contributed by atoms with Crippen LogP contribution >= 0.6 is 0 Å². The molecule has 3 rings (SSSR count). The van der Waals surface area contributed by atoms with E-state index in [1.165, 1.54) is 25.3 Å². The maximum atomic E-state index is 13.1. The van der Waals surface area contributed by atoms with E-state index < -0.39 is 20.0 Å². The first kappa shape index (κ1) is 22.0. The number of nitrogens with one attached hydrogen (secondary N) is 2. The van der Waals surface area contributed by atoms with Gasteiger partial charge >= 0.3 is 0 Å². The lowest BCUT2D eigenvalue weighted by molar-refractivity contribution is 0.0618. The Kier molecular flexibility index (Phi) is 6.51. The monoisotopic (exact) mass is 445 g/mol. The van der Waals surface area contributed by atoms with Crippen LogP contribution in [0.4, 0.5) is 0 Å². The van der Waals surface area contributed by atoms with Gasteiger partial charge in [-0.2, -0.15) is 0 Å². The molecule has 0 spiro atoms.